The third kappa shape index (κ3) is 4.06. The fourth-order valence-corrected chi connectivity index (χ4v) is 1.79. The lowest BCUT2D eigenvalue weighted by molar-refractivity contribution is -0.150. The van der Waals surface area contributed by atoms with Crippen LogP contribution in [0.5, 0.6) is 5.75 Å². The van der Waals surface area contributed by atoms with Gasteiger partial charge in [0.15, 0.2) is 0 Å². The first-order valence-corrected chi connectivity index (χ1v) is 6.37. The molecule has 0 atom stereocenters. The summed E-state index contributed by atoms with van der Waals surface area (Å²) in [4.78, 5) is 10.2. The van der Waals surface area contributed by atoms with Crippen molar-refractivity contribution >= 4 is 6.41 Å². The highest BCUT2D eigenvalue weighted by Gasteiger charge is 2.00. The van der Waals surface area contributed by atoms with Gasteiger partial charge < -0.3 is 4.74 Å². The molecule has 2 aromatic rings. The first kappa shape index (κ1) is 14.6. The lowest BCUT2D eigenvalue weighted by Gasteiger charge is -2.10. The van der Waals surface area contributed by atoms with Crippen molar-refractivity contribution < 1.29 is 14.7 Å². The van der Waals surface area contributed by atoms with Crippen molar-refractivity contribution in [2.24, 2.45) is 0 Å². The predicted octanol–water partition coefficient (Wildman–Crippen LogP) is 2.45. The van der Waals surface area contributed by atoms with Gasteiger partial charge in [0, 0.05) is 0 Å². The second-order valence-corrected chi connectivity index (χ2v) is 4.33. The first-order valence-electron chi connectivity index (χ1n) is 6.37. The number of hydrogen-bond acceptors (Lipinski definition) is 4. The van der Waals surface area contributed by atoms with Gasteiger partial charge in [-0.3, -0.25) is 10.0 Å². The van der Waals surface area contributed by atoms with Gasteiger partial charge in [0.2, 0.25) is 6.41 Å². The first-order chi connectivity index (χ1) is 10.2. The second kappa shape index (κ2) is 7.08. The van der Waals surface area contributed by atoms with Gasteiger partial charge in [0.25, 0.3) is 0 Å². The maximum absolute atomic E-state index is 10.2. The standard InChI is InChI=1S/C16H14N2O3/c17-11-13-1-3-14(4-2-13)15-5-7-16(8-6-15)21-10-9-18(20)12-19/h1-8,12,20H,9-10H2. The zero-order valence-corrected chi connectivity index (χ0v) is 11.3. The number of carbonyl (C=O) groups excluding carboxylic acids is 1. The van der Waals surface area contributed by atoms with E-state index in [1.165, 1.54) is 0 Å². The van der Waals surface area contributed by atoms with Crippen LogP contribution in [0.1, 0.15) is 5.56 Å². The normalized spacial score (nSPS) is 9.71. The Labute approximate surface area is 122 Å². The molecule has 0 aromatic heterocycles. The van der Waals surface area contributed by atoms with Crippen LogP contribution in [0.25, 0.3) is 11.1 Å². The predicted molar refractivity (Wildman–Crippen MR) is 76.6 cm³/mol. The average molecular weight is 282 g/mol. The summed E-state index contributed by atoms with van der Waals surface area (Å²) >= 11 is 0. The fourth-order valence-electron chi connectivity index (χ4n) is 1.79. The van der Waals surface area contributed by atoms with E-state index in [0.717, 1.165) is 11.1 Å². The van der Waals surface area contributed by atoms with E-state index >= 15 is 0 Å². The molecular formula is C16H14N2O3. The molecule has 21 heavy (non-hydrogen) atoms. The Morgan fingerprint density at radius 3 is 2.19 bits per heavy atom. The van der Waals surface area contributed by atoms with E-state index < -0.39 is 0 Å². The second-order valence-electron chi connectivity index (χ2n) is 4.33. The third-order valence-corrected chi connectivity index (χ3v) is 2.91. The van der Waals surface area contributed by atoms with Crippen LogP contribution in [0.4, 0.5) is 0 Å². The highest BCUT2D eigenvalue weighted by atomic mass is 16.5. The van der Waals surface area contributed by atoms with Crippen LogP contribution in [-0.2, 0) is 4.79 Å². The number of hydroxylamine groups is 2. The van der Waals surface area contributed by atoms with E-state index in [0.29, 0.717) is 22.8 Å². The van der Waals surface area contributed by atoms with Gasteiger partial charge in [-0.1, -0.05) is 24.3 Å². The van der Waals surface area contributed by atoms with Crippen molar-refractivity contribution in [3.05, 3.63) is 54.1 Å². The van der Waals surface area contributed by atoms with E-state index in [1.54, 1.807) is 12.1 Å². The molecule has 0 aliphatic rings. The zero-order chi connectivity index (χ0) is 15.1. The SMILES string of the molecule is N#Cc1ccc(-c2ccc(OCCN(O)C=O)cc2)cc1. The highest BCUT2D eigenvalue weighted by Crippen LogP contribution is 2.22. The van der Waals surface area contributed by atoms with Gasteiger partial charge in [-0.15, -0.1) is 0 Å². The quantitative estimate of drug-likeness (QED) is 0.502. The van der Waals surface area contributed by atoms with Gasteiger partial charge in [-0.05, 0) is 35.4 Å². The summed E-state index contributed by atoms with van der Waals surface area (Å²) in [6, 6.07) is 16.9. The minimum Gasteiger partial charge on any atom is -0.492 e. The van der Waals surface area contributed by atoms with E-state index in [-0.39, 0.29) is 13.2 Å². The number of nitriles is 1. The molecule has 0 spiro atoms. The Morgan fingerprint density at radius 2 is 1.67 bits per heavy atom. The molecule has 106 valence electrons. The van der Waals surface area contributed by atoms with Gasteiger partial charge >= 0.3 is 0 Å². The molecule has 0 fully saturated rings. The van der Waals surface area contributed by atoms with Crippen LogP contribution in [0.3, 0.4) is 0 Å². The molecule has 5 nitrogen and oxygen atoms in total. The summed E-state index contributed by atoms with van der Waals surface area (Å²) in [5, 5.41) is 18.2. The molecule has 0 bridgehead atoms. The third-order valence-electron chi connectivity index (χ3n) is 2.91. The molecule has 0 saturated heterocycles. The average Bonchev–Trinajstić information content (AvgIpc) is 2.55. The topological polar surface area (TPSA) is 73.6 Å². The molecule has 0 radical (unpaired) electrons. The summed E-state index contributed by atoms with van der Waals surface area (Å²) in [7, 11) is 0. The van der Waals surface area contributed by atoms with Crippen molar-refractivity contribution in [3.8, 4) is 22.9 Å². The van der Waals surface area contributed by atoms with Crippen molar-refractivity contribution in [1.82, 2.24) is 5.06 Å². The lowest BCUT2D eigenvalue weighted by Crippen LogP contribution is -2.23. The van der Waals surface area contributed by atoms with E-state index in [4.69, 9.17) is 15.2 Å². The fraction of sp³-hybridized carbons (Fsp3) is 0.125. The van der Waals surface area contributed by atoms with Crippen molar-refractivity contribution in [2.45, 2.75) is 0 Å². The van der Waals surface area contributed by atoms with Gasteiger partial charge in [0.1, 0.15) is 12.4 Å². The minimum absolute atomic E-state index is 0.112. The lowest BCUT2D eigenvalue weighted by atomic mass is 10.0. The molecule has 0 unspecified atom stereocenters. The smallest absolute Gasteiger partial charge is 0.233 e. The number of rotatable bonds is 6. The van der Waals surface area contributed by atoms with Gasteiger partial charge in [0.05, 0.1) is 18.2 Å². The number of amides is 1. The number of benzene rings is 2. The molecule has 0 saturated carbocycles. The Balaban J connectivity index is 1.98. The van der Waals surface area contributed by atoms with Crippen LogP contribution in [-0.4, -0.2) is 29.8 Å². The molecule has 2 rings (SSSR count). The molecular weight excluding hydrogens is 268 g/mol. The van der Waals surface area contributed by atoms with Crippen LogP contribution in [0.2, 0.25) is 0 Å². The number of nitrogens with zero attached hydrogens (tertiary/aromatic N) is 2. The Hall–Kier alpha value is -2.84. The van der Waals surface area contributed by atoms with E-state index in [2.05, 4.69) is 6.07 Å². The largest absolute Gasteiger partial charge is 0.492 e. The van der Waals surface area contributed by atoms with Crippen molar-refractivity contribution in [2.75, 3.05) is 13.2 Å². The zero-order valence-electron chi connectivity index (χ0n) is 11.3. The Morgan fingerprint density at radius 1 is 1.10 bits per heavy atom. The van der Waals surface area contributed by atoms with E-state index in [9.17, 15) is 4.79 Å². The molecule has 5 heteroatoms. The minimum atomic E-state index is 0.112. The Bertz CT molecular complexity index is 630. The van der Waals surface area contributed by atoms with Crippen LogP contribution in [0, 0.1) is 11.3 Å². The molecule has 0 aliphatic heterocycles. The van der Waals surface area contributed by atoms with E-state index in [1.807, 2.05) is 36.4 Å². The van der Waals surface area contributed by atoms with Crippen LogP contribution in [0.15, 0.2) is 48.5 Å². The van der Waals surface area contributed by atoms with Gasteiger partial charge in [-0.25, -0.2) is 5.06 Å². The summed E-state index contributed by atoms with van der Waals surface area (Å²) < 4.78 is 5.40. The number of ether oxygens (including phenoxy) is 1. The monoisotopic (exact) mass is 282 g/mol. The maximum Gasteiger partial charge on any atom is 0.233 e. The number of hydrogen-bond donors (Lipinski definition) is 1. The maximum atomic E-state index is 10.2. The van der Waals surface area contributed by atoms with Crippen molar-refractivity contribution in [1.29, 1.82) is 5.26 Å². The summed E-state index contributed by atoms with van der Waals surface area (Å²) in [5.74, 6) is 0.659. The molecule has 2 aromatic carbocycles. The summed E-state index contributed by atoms with van der Waals surface area (Å²) in [6.07, 6.45) is 0.331. The number of carbonyl (C=O) groups is 1. The summed E-state index contributed by atoms with van der Waals surface area (Å²) in [5.41, 5.74) is 2.66. The molecule has 0 aliphatic carbocycles. The molecule has 0 heterocycles. The molecule has 1 N–H and O–H groups in total. The van der Waals surface area contributed by atoms with Crippen LogP contribution >= 0.6 is 0 Å². The van der Waals surface area contributed by atoms with Gasteiger partial charge in [-0.2, -0.15) is 5.26 Å². The van der Waals surface area contributed by atoms with Crippen LogP contribution < -0.4 is 4.74 Å². The summed E-state index contributed by atoms with van der Waals surface area (Å²) in [6.45, 7) is 0.326. The van der Waals surface area contributed by atoms with Crippen molar-refractivity contribution in [3.63, 3.8) is 0 Å². The molecule has 1 amide bonds. The highest BCUT2D eigenvalue weighted by molar-refractivity contribution is 5.64. The Kier molecular flexibility index (Phi) is 4.91.